The third-order valence-electron chi connectivity index (χ3n) is 3.68. The number of carbonyl (C=O) groups is 2. The molecule has 132 valence electrons. The summed E-state index contributed by atoms with van der Waals surface area (Å²) in [7, 11) is 0. The molecule has 0 fully saturated rings. The highest BCUT2D eigenvalue weighted by molar-refractivity contribution is 6.06. The van der Waals surface area contributed by atoms with Crippen LogP contribution in [0.1, 0.15) is 25.3 Å². The summed E-state index contributed by atoms with van der Waals surface area (Å²) in [4.78, 5) is 33.8. The molecule has 4 N–H and O–H groups in total. The van der Waals surface area contributed by atoms with Crippen molar-refractivity contribution in [3.05, 3.63) is 51.2 Å². The SMILES string of the molecule is CCOC(=O)C1=C(C)N(NC(N)=O)C(=N)C1c1ccc([N+](=O)[O-])cc1. The fourth-order valence-electron chi connectivity index (χ4n) is 2.62. The monoisotopic (exact) mass is 347 g/mol. The number of rotatable bonds is 5. The number of nitro benzene ring substituents is 1. The summed E-state index contributed by atoms with van der Waals surface area (Å²) < 4.78 is 5.04. The lowest BCUT2D eigenvalue weighted by atomic mass is 9.91. The van der Waals surface area contributed by atoms with Crippen LogP contribution in [-0.4, -0.2) is 34.4 Å². The van der Waals surface area contributed by atoms with Gasteiger partial charge < -0.3 is 10.5 Å². The van der Waals surface area contributed by atoms with Crippen LogP contribution in [0.3, 0.4) is 0 Å². The van der Waals surface area contributed by atoms with E-state index in [-0.39, 0.29) is 23.7 Å². The minimum Gasteiger partial charge on any atom is -0.463 e. The zero-order valence-electron chi connectivity index (χ0n) is 13.6. The van der Waals surface area contributed by atoms with E-state index in [1.54, 1.807) is 13.8 Å². The molecule has 0 bridgehead atoms. The molecule has 1 unspecified atom stereocenters. The number of nitrogens with one attached hydrogen (secondary N) is 2. The first-order chi connectivity index (χ1) is 11.8. The van der Waals surface area contributed by atoms with Crippen LogP contribution in [0, 0.1) is 15.5 Å². The molecule has 1 atom stereocenters. The summed E-state index contributed by atoms with van der Waals surface area (Å²) >= 11 is 0. The van der Waals surface area contributed by atoms with Crippen LogP contribution in [0.5, 0.6) is 0 Å². The minimum atomic E-state index is -0.892. The van der Waals surface area contributed by atoms with Crippen molar-refractivity contribution in [2.45, 2.75) is 19.8 Å². The Bertz CT molecular complexity index is 771. The van der Waals surface area contributed by atoms with Crippen LogP contribution >= 0.6 is 0 Å². The first kappa shape index (κ1) is 17.9. The molecule has 2 rings (SSSR count). The molecule has 0 aliphatic carbocycles. The van der Waals surface area contributed by atoms with Gasteiger partial charge in [-0.3, -0.25) is 15.5 Å². The predicted octanol–water partition coefficient (Wildman–Crippen LogP) is 1.39. The van der Waals surface area contributed by atoms with Crippen LogP contribution in [0.2, 0.25) is 0 Å². The number of non-ortho nitro benzene ring substituents is 1. The first-order valence-corrected chi connectivity index (χ1v) is 7.34. The van der Waals surface area contributed by atoms with Crippen molar-refractivity contribution < 1.29 is 19.2 Å². The molecule has 1 aliphatic heterocycles. The Balaban J connectivity index is 2.49. The molecule has 0 aromatic heterocycles. The summed E-state index contributed by atoms with van der Waals surface area (Å²) in [6.45, 7) is 3.33. The summed E-state index contributed by atoms with van der Waals surface area (Å²) in [5.41, 5.74) is 8.21. The van der Waals surface area contributed by atoms with E-state index < -0.39 is 22.8 Å². The largest absolute Gasteiger partial charge is 0.463 e. The lowest BCUT2D eigenvalue weighted by Crippen LogP contribution is -2.45. The van der Waals surface area contributed by atoms with Crippen LogP contribution in [0.4, 0.5) is 10.5 Å². The molecule has 1 aromatic rings. The number of primary amides is 1. The minimum absolute atomic E-state index is 0.112. The number of nitrogens with two attached hydrogens (primary N) is 1. The topological polar surface area (TPSA) is 152 Å². The van der Waals surface area contributed by atoms with E-state index in [1.165, 1.54) is 24.3 Å². The number of hydrogen-bond donors (Lipinski definition) is 3. The number of nitrogens with zero attached hydrogens (tertiary/aromatic N) is 2. The third kappa shape index (κ3) is 3.42. The maximum atomic E-state index is 12.3. The van der Waals surface area contributed by atoms with Crippen LogP contribution in [0.15, 0.2) is 35.5 Å². The van der Waals surface area contributed by atoms with E-state index in [4.69, 9.17) is 15.9 Å². The van der Waals surface area contributed by atoms with Gasteiger partial charge in [0.15, 0.2) is 0 Å². The second-order valence-electron chi connectivity index (χ2n) is 5.20. The van der Waals surface area contributed by atoms with Gasteiger partial charge in [0.25, 0.3) is 5.69 Å². The number of benzene rings is 1. The molecule has 1 aromatic carbocycles. The van der Waals surface area contributed by atoms with Gasteiger partial charge in [0.05, 0.1) is 28.7 Å². The van der Waals surface area contributed by atoms with Gasteiger partial charge in [-0.25, -0.2) is 20.0 Å². The molecule has 0 spiro atoms. The second kappa shape index (κ2) is 6.99. The molecular formula is C15H17N5O5. The average Bonchev–Trinajstić information content (AvgIpc) is 2.79. The molecule has 1 aliphatic rings. The molecule has 0 saturated heterocycles. The van der Waals surface area contributed by atoms with E-state index in [0.29, 0.717) is 11.3 Å². The fourth-order valence-corrected chi connectivity index (χ4v) is 2.62. The predicted molar refractivity (Wildman–Crippen MR) is 87.5 cm³/mol. The molecule has 25 heavy (non-hydrogen) atoms. The summed E-state index contributed by atoms with van der Waals surface area (Å²) in [5, 5.41) is 20.2. The van der Waals surface area contributed by atoms with E-state index in [0.717, 1.165) is 5.01 Å². The van der Waals surface area contributed by atoms with Gasteiger partial charge in [-0.2, -0.15) is 0 Å². The van der Waals surface area contributed by atoms with Gasteiger partial charge in [-0.15, -0.1) is 0 Å². The number of urea groups is 1. The van der Waals surface area contributed by atoms with Gasteiger partial charge in [-0.1, -0.05) is 12.1 Å². The maximum Gasteiger partial charge on any atom is 0.336 e. The molecule has 2 amide bonds. The molecule has 10 heteroatoms. The summed E-state index contributed by atoms with van der Waals surface area (Å²) in [6.07, 6.45) is 0. The Kier molecular flexibility index (Phi) is 5.01. The lowest BCUT2D eigenvalue weighted by molar-refractivity contribution is -0.384. The number of amides is 2. The van der Waals surface area contributed by atoms with Crippen molar-refractivity contribution in [2.75, 3.05) is 6.61 Å². The highest BCUT2D eigenvalue weighted by Gasteiger charge is 2.41. The molecule has 0 saturated carbocycles. The van der Waals surface area contributed by atoms with E-state index in [9.17, 15) is 19.7 Å². The standard InChI is InChI=1S/C15H17N5O5/c1-3-25-14(21)11-8(2)19(18-15(17)22)13(16)12(11)9-4-6-10(7-5-9)20(23)24/h4-7,12,16H,3H2,1-2H3,(H3,17,18,22). The number of esters is 1. The number of amidine groups is 1. The Morgan fingerprint density at radius 3 is 2.48 bits per heavy atom. The van der Waals surface area contributed by atoms with Gasteiger partial charge in [0.2, 0.25) is 0 Å². The van der Waals surface area contributed by atoms with Crippen molar-refractivity contribution in [2.24, 2.45) is 5.73 Å². The highest BCUT2D eigenvalue weighted by atomic mass is 16.6. The van der Waals surface area contributed by atoms with Crippen molar-refractivity contribution >= 4 is 23.5 Å². The van der Waals surface area contributed by atoms with Gasteiger partial charge in [0.1, 0.15) is 5.84 Å². The Morgan fingerprint density at radius 2 is 2.00 bits per heavy atom. The number of nitro groups is 1. The third-order valence-corrected chi connectivity index (χ3v) is 3.68. The lowest BCUT2D eigenvalue weighted by Gasteiger charge is -2.21. The first-order valence-electron chi connectivity index (χ1n) is 7.34. The zero-order valence-corrected chi connectivity index (χ0v) is 13.6. The number of allylic oxidation sites excluding steroid dienone is 1. The Hall–Kier alpha value is -3.43. The van der Waals surface area contributed by atoms with E-state index in [1.807, 2.05) is 0 Å². The second-order valence-corrected chi connectivity index (χ2v) is 5.20. The number of hydrogen-bond acceptors (Lipinski definition) is 6. The van der Waals surface area contributed by atoms with Crippen LogP contribution < -0.4 is 11.2 Å². The number of hydrazine groups is 1. The number of carbonyl (C=O) groups excluding carboxylic acids is 2. The van der Waals surface area contributed by atoms with Crippen molar-refractivity contribution in [3.63, 3.8) is 0 Å². The van der Waals surface area contributed by atoms with E-state index in [2.05, 4.69) is 5.43 Å². The van der Waals surface area contributed by atoms with Gasteiger partial charge >= 0.3 is 12.0 Å². The molecule has 10 nitrogen and oxygen atoms in total. The van der Waals surface area contributed by atoms with Crippen molar-refractivity contribution in [1.82, 2.24) is 10.4 Å². The Labute approximate surface area is 142 Å². The quantitative estimate of drug-likeness (QED) is 0.416. The van der Waals surface area contributed by atoms with Crippen LogP contribution in [-0.2, 0) is 9.53 Å². The number of ether oxygens (including phenoxy) is 1. The van der Waals surface area contributed by atoms with E-state index >= 15 is 0 Å². The smallest absolute Gasteiger partial charge is 0.336 e. The van der Waals surface area contributed by atoms with Gasteiger partial charge in [0, 0.05) is 12.1 Å². The Morgan fingerprint density at radius 1 is 1.40 bits per heavy atom. The molecular weight excluding hydrogens is 330 g/mol. The molecule has 1 heterocycles. The molecule has 0 radical (unpaired) electrons. The van der Waals surface area contributed by atoms with Crippen molar-refractivity contribution in [1.29, 1.82) is 5.41 Å². The summed E-state index contributed by atoms with van der Waals surface area (Å²) in [6, 6.07) is 4.59. The summed E-state index contributed by atoms with van der Waals surface area (Å²) in [5.74, 6) is -1.60. The fraction of sp³-hybridized carbons (Fsp3) is 0.267. The van der Waals surface area contributed by atoms with Gasteiger partial charge in [-0.05, 0) is 19.4 Å². The average molecular weight is 347 g/mol. The normalized spacial score (nSPS) is 16.8. The zero-order chi connectivity index (χ0) is 18.7. The maximum absolute atomic E-state index is 12.3. The highest BCUT2D eigenvalue weighted by Crippen LogP contribution is 2.37. The van der Waals surface area contributed by atoms with Crippen molar-refractivity contribution in [3.8, 4) is 0 Å². The van der Waals surface area contributed by atoms with Crippen LogP contribution in [0.25, 0.3) is 0 Å².